The Bertz CT molecular complexity index is 161. The van der Waals surface area contributed by atoms with Gasteiger partial charge >= 0.3 is 0 Å². The Morgan fingerprint density at radius 1 is 1.69 bits per heavy atom. The van der Waals surface area contributed by atoms with Crippen molar-refractivity contribution >= 4 is 0 Å². The number of rotatable bonds is 4. The molecule has 0 saturated carbocycles. The Morgan fingerprint density at radius 3 is 2.85 bits per heavy atom. The van der Waals surface area contributed by atoms with Gasteiger partial charge in [-0.1, -0.05) is 0 Å². The first kappa shape index (κ1) is 11.0. The van der Waals surface area contributed by atoms with Gasteiger partial charge in [0.2, 0.25) is 0 Å². The van der Waals surface area contributed by atoms with Gasteiger partial charge in [0.1, 0.15) is 0 Å². The maximum atomic E-state index is 5.68. The van der Waals surface area contributed by atoms with Gasteiger partial charge in [0.25, 0.3) is 0 Å². The average molecular weight is 186 g/mol. The topological polar surface area (TPSA) is 47.3 Å². The highest BCUT2D eigenvalue weighted by molar-refractivity contribution is 4.93. The van der Waals surface area contributed by atoms with E-state index in [1.807, 2.05) is 6.92 Å². The van der Waals surface area contributed by atoms with Crippen LogP contribution in [-0.2, 0) is 4.74 Å². The van der Waals surface area contributed by atoms with E-state index < -0.39 is 0 Å². The predicted molar refractivity (Wildman–Crippen MR) is 54.7 cm³/mol. The fourth-order valence-corrected chi connectivity index (χ4v) is 1.65. The van der Waals surface area contributed by atoms with Gasteiger partial charge in [-0.15, -0.1) is 0 Å². The number of nitrogens with two attached hydrogens (primary N) is 1. The Kier molecular flexibility index (Phi) is 3.71. The minimum absolute atomic E-state index is 0.162. The van der Waals surface area contributed by atoms with Crippen LogP contribution < -0.4 is 11.1 Å². The van der Waals surface area contributed by atoms with Gasteiger partial charge in [0.15, 0.2) is 0 Å². The van der Waals surface area contributed by atoms with Crippen molar-refractivity contribution < 1.29 is 4.74 Å². The molecule has 78 valence electrons. The second-order valence-corrected chi connectivity index (χ2v) is 4.37. The van der Waals surface area contributed by atoms with Crippen LogP contribution >= 0.6 is 0 Å². The lowest BCUT2D eigenvalue weighted by molar-refractivity contribution is 0.0886. The Labute approximate surface area is 81.0 Å². The second kappa shape index (κ2) is 4.40. The van der Waals surface area contributed by atoms with Crippen LogP contribution in [0.4, 0.5) is 0 Å². The molecule has 3 heteroatoms. The van der Waals surface area contributed by atoms with Crippen LogP contribution in [0.1, 0.15) is 33.6 Å². The molecule has 0 aromatic heterocycles. The van der Waals surface area contributed by atoms with E-state index >= 15 is 0 Å². The first-order valence-corrected chi connectivity index (χ1v) is 5.17. The molecule has 0 spiro atoms. The van der Waals surface area contributed by atoms with Gasteiger partial charge < -0.3 is 15.8 Å². The molecule has 1 heterocycles. The Hall–Kier alpha value is -0.120. The third-order valence-electron chi connectivity index (χ3n) is 3.02. The Morgan fingerprint density at radius 2 is 2.38 bits per heavy atom. The maximum Gasteiger partial charge on any atom is 0.0726 e. The van der Waals surface area contributed by atoms with Crippen molar-refractivity contribution in [2.24, 2.45) is 5.73 Å². The van der Waals surface area contributed by atoms with Gasteiger partial charge in [0.05, 0.1) is 6.10 Å². The monoisotopic (exact) mass is 186 g/mol. The predicted octanol–water partition coefficient (Wildman–Crippen LogP) is 0.881. The normalized spacial score (nSPS) is 36.5. The molecule has 1 aliphatic rings. The minimum Gasteiger partial charge on any atom is -0.377 e. The molecule has 0 aromatic rings. The zero-order valence-electron chi connectivity index (χ0n) is 8.97. The van der Waals surface area contributed by atoms with Crippen molar-refractivity contribution in [3.05, 3.63) is 0 Å². The fourth-order valence-electron chi connectivity index (χ4n) is 1.65. The molecule has 0 amide bonds. The van der Waals surface area contributed by atoms with Crippen LogP contribution in [0, 0.1) is 0 Å². The standard InChI is InChI=1S/C10H22N2O/c1-8(11)4-6-12-10(3)5-7-13-9(10)2/h8-9,12H,4-7,11H2,1-3H3. The second-order valence-electron chi connectivity index (χ2n) is 4.37. The van der Waals surface area contributed by atoms with Gasteiger partial charge in [0, 0.05) is 18.2 Å². The zero-order chi connectivity index (χ0) is 9.90. The third-order valence-corrected chi connectivity index (χ3v) is 3.02. The molecule has 13 heavy (non-hydrogen) atoms. The summed E-state index contributed by atoms with van der Waals surface area (Å²) in [6.45, 7) is 8.26. The highest BCUT2D eigenvalue weighted by atomic mass is 16.5. The van der Waals surface area contributed by atoms with Gasteiger partial charge in [-0.05, 0) is 40.2 Å². The fraction of sp³-hybridized carbons (Fsp3) is 1.00. The first-order chi connectivity index (χ1) is 6.04. The molecule has 3 atom stereocenters. The molecule has 0 bridgehead atoms. The molecule has 1 saturated heterocycles. The van der Waals surface area contributed by atoms with E-state index in [9.17, 15) is 0 Å². The van der Waals surface area contributed by atoms with Crippen LogP contribution in [0.15, 0.2) is 0 Å². The lowest BCUT2D eigenvalue weighted by Crippen LogP contribution is -2.48. The highest BCUT2D eigenvalue weighted by Gasteiger charge is 2.35. The van der Waals surface area contributed by atoms with E-state index in [1.165, 1.54) is 0 Å². The van der Waals surface area contributed by atoms with Crippen LogP contribution in [0.2, 0.25) is 0 Å². The van der Waals surface area contributed by atoms with Crippen molar-refractivity contribution in [2.45, 2.75) is 51.3 Å². The van der Waals surface area contributed by atoms with E-state index in [-0.39, 0.29) is 11.6 Å². The summed E-state index contributed by atoms with van der Waals surface area (Å²) >= 11 is 0. The summed E-state index contributed by atoms with van der Waals surface area (Å²) < 4.78 is 5.53. The average Bonchev–Trinajstić information content (AvgIpc) is 2.32. The molecular formula is C10H22N2O. The minimum atomic E-state index is 0.162. The van der Waals surface area contributed by atoms with E-state index in [2.05, 4.69) is 19.2 Å². The SMILES string of the molecule is CC(N)CCNC1(C)CCOC1C. The molecule has 0 radical (unpaired) electrons. The number of hydrogen-bond acceptors (Lipinski definition) is 3. The molecule has 3 nitrogen and oxygen atoms in total. The zero-order valence-corrected chi connectivity index (χ0v) is 8.97. The summed E-state index contributed by atoms with van der Waals surface area (Å²) in [5.74, 6) is 0. The van der Waals surface area contributed by atoms with Crippen molar-refractivity contribution in [3.63, 3.8) is 0 Å². The number of ether oxygens (including phenoxy) is 1. The Balaban J connectivity index is 2.26. The number of nitrogens with one attached hydrogen (secondary N) is 1. The summed E-state index contributed by atoms with van der Waals surface area (Å²) in [4.78, 5) is 0. The summed E-state index contributed by atoms with van der Waals surface area (Å²) in [6, 6.07) is 0.286. The summed E-state index contributed by atoms with van der Waals surface area (Å²) in [5, 5.41) is 3.53. The molecule has 1 rings (SSSR count). The van der Waals surface area contributed by atoms with E-state index in [0.717, 1.165) is 26.0 Å². The van der Waals surface area contributed by atoms with Crippen LogP contribution in [0.5, 0.6) is 0 Å². The van der Waals surface area contributed by atoms with Crippen LogP contribution in [-0.4, -0.2) is 30.8 Å². The molecule has 3 unspecified atom stereocenters. The summed E-state index contributed by atoms with van der Waals surface area (Å²) in [6.07, 6.45) is 2.45. The lowest BCUT2D eigenvalue weighted by Gasteiger charge is -2.29. The van der Waals surface area contributed by atoms with E-state index in [4.69, 9.17) is 10.5 Å². The van der Waals surface area contributed by atoms with E-state index in [1.54, 1.807) is 0 Å². The van der Waals surface area contributed by atoms with Gasteiger partial charge in [-0.2, -0.15) is 0 Å². The molecule has 1 aliphatic heterocycles. The van der Waals surface area contributed by atoms with E-state index in [0.29, 0.717) is 6.10 Å². The molecular weight excluding hydrogens is 164 g/mol. The van der Waals surface area contributed by atoms with Crippen molar-refractivity contribution in [1.82, 2.24) is 5.32 Å². The molecule has 0 aliphatic carbocycles. The quantitative estimate of drug-likeness (QED) is 0.685. The van der Waals surface area contributed by atoms with Gasteiger partial charge in [-0.3, -0.25) is 0 Å². The largest absolute Gasteiger partial charge is 0.377 e. The smallest absolute Gasteiger partial charge is 0.0726 e. The first-order valence-electron chi connectivity index (χ1n) is 5.17. The summed E-state index contributed by atoms with van der Waals surface area (Å²) in [5.41, 5.74) is 5.85. The lowest BCUT2D eigenvalue weighted by atomic mass is 9.94. The van der Waals surface area contributed by atoms with Crippen LogP contribution in [0.3, 0.4) is 0 Å². The molecule has 1 fully saturated rings. The maximum absolute atomic E-state index is 5.68. The van der Waals surface area contributed by atoms with Crippen molar-refractivity contribution in [3.8, 4) is 0 Å². The van der Waals surface area contributed by atoms with Crippen molar-refractivity contribution in [2.75, 3.05) is 13.2 Å². The summed E-state index contributed by atoms with van der Waals surface area (Å²) in [7, 11) is 0. The molecule has 0 aromatic carbocycles. The van der Waals surface area contributed by atoms with Crippen LogP contribution in [0.25, 0.3) is 0 Å². The van der Waals surface area contributed by atoms with Crippen molar-refractivity contribution in [1.29, 1.82) is 0 Å². The number of hydrogen-bond donors (Lipinski definition) is 2. The third kappa shape index (κ3) is 2.93. The highest BCUT2D eigenvalue weighted by Crippen LogP contribution is 2.24. The molecule has 3 N–H and O–H groups in total. The van der Waals surface area contributed by atoms with Gasteiger partial charge in [-0.25, -0.2) is 0 Å².